The van der Waals surface area contributed by atoms with Crippen molar-refractivity contribution < 1.29 is 4.79 Å². The maximum Gasteiger partial charge on any atom is 0.224 e. The highest BCUT2D eigenvalue weighted by atomic mass is 35.5. The van der Waals surface area contributed by atoms with Gasteiger partial charge in [-0.15, -0.1) is 0 Å². The Balaban J connectivity index is 2.21. The van der Waals surface area contributed by atoms with Gasteiger partial charge in [-0.2, -0.15) is 0 Å². The Kier molecular flexibility index (Phi) is 4.39. The predicted molar refractivity (Wildman–Crippen MR) is 76.7 cm³/mol. The van der Waals surface area contributed by atoms with Gasteiger partial charge in [0.05, 0.1) is 5.52 Å². The van der Waals surface area contributed by atoms with Crippen LogP contribution in [0.2, 0.25) is 10.3 Å². The average Bonchev–Trinajstić information content (AvgIpc) is 2.35. The minimum Gasteiger partial charge on any atom is -0.368 e. The Morgan fingerprint density at radius 1 is 1.26 bits per heavy atom. The molecule has 0 aliphatic rings. The summed E-state index contributed by atoms with van der Waals surface area (Å²) < 4.78 is 0. The molecule has 0 saturated heterocycles. The van der Waals surface area contributed by atoms with Gasteiger partial charge in [0.15, 0.2) is 0 Å². The highest BCUT2D eigenvalue weighted by molar-refractivity contribution is 6.31. The molecule has 2 N–H and O–H groups in total. The lowest BCUT2D eigenvalue weighted by Crippen LogP contribution is -2.26. The number of hydrogen-bond acceptors (Lipinski definition) is 4. The van der Waals surface area contributed by atoms with Gasteiger partial charge in [0.2, 0.25) is 11.2 Å². The second-order valence-electron chi connectivity index (χ2n) is 3.91. The van der Waals surface area contributed by atoms with Crippen molar-refractivity contribution in [3.05, 3.63) is 28.5 Å². The predicted octanol–water partition coefficient (Wildman–Crippen LogP) is 2.48. The smallest absolute Gasteiger partial charge is 0.224 e. The number of fused-ring (bicyclic) bond motifs is 1. The molecule has 1 aromatic heterocycles. The molecule has 2 aromatic rings. The number of amides is 1. The molecule has 0 aliphatic carbocycles. The largest absolute Gasteiger partial charge is 0.368 e. The van der Waals surface area contributed by atoms with E-state index in [0.29, 0.717) is 29.4 Å². The molecule has 1 heterocycles. The fourth-order valence-corrected chi connectivity index (χ4v) is 1.97. The average molecular weight is 299 g/mol. The summed E-state index contributed by atoms with van der Waals surface area (Å²) in [5.74, 6) is 0.526. The van der Waals surface area contributed by atoms with Gasteiger partial charge >= 0.3 is 0 Å². The maximum absolute atomic E-state index is 10.8. The molecule has 5 nitrogen and oxygen atoms in total. The van der Waals surface area contributed by atoms with Gasteiger partial charge in [-0.3, -0.25) is 4.79 Å². The van der Waals surface area contributed by atoms with Gasteiger partial charge in [0.25, 0.3) is 0 Å². The molecule has 19 heavy (non-hydrogen) atoms. The minimum absolute atomic E-state index is 0.0737. The first-order chi connectivity index (χ1) is 9.06. The molecule has 1 aromatic carbocycles. The molecule has 0 radical (unpaired) electrons. The minimum atomic E-state index is -0.0737. The summed E-state index contributed by atoms with van der Waals surface area (Å²) in [6, 6.07) is 5.30. The van der Waals surface area contributed by atoms with Crippen LogP contribution in [0, 0.1) is 0 Å². The van der Waals surface area contributed by atoms with Crippen LogP contribution in [0.3, 0.4) is 0 Å². The maximum atomic E-state index is 10.8. The van der Waals surface area contributed by atoms with E-state index in [1.807, 2.05) is 0 Å². The monoisotopic (exact) mass is 298 g/mol. The lowest BCUT2D eigenvalue weighted by atomic mass is 10.2. The second kappa shape index (κ2) is 6.04. The number of aromatic nitrogens is 2. The normalized spacial score (nSPS) is 10.5. The van der Waals surface area contributed by atoms with E-state index in [9.17, 15) is 4.79 Å². The fraction of sp³-hybridized carbons (Fsp3) is 0.250. The standard InChI is InChI=1S/C12H12Cl2N4O/c1-7(19)15-4-5-16-11-9-6-8(13)2-3-10(9)17-12(14)18-11/h2-3,6H,4-5H2,1H3,(H,15,19)(H,16,17,18). The van der Waals surface area contributed by atoms with E-state index in [0.717, 1.165) is 5.39 Å². The quantitative estimate of drug-likeness (QED) is 0.672. The summed E-state index contributed by atoms with van der Waals surface area (Å²) in [7, 11) is 0. The van der Waals surface area contributed by atoms with E-state index >= 15 is 0 Å². The lowest BCUT2D eigenvalue weighted by Gasteiger charge is -2.09. The second-order valence-corrected chi connectivity index (χ2v) is 4.69. The Hall–Kier alpha value is -1.59. The topological polar surface area (TPSA) is 66.9 Å². The number of carbonyl (C=O) groups is 1. The van der Waals surface area contributed by atoms with Crippen molar-refractivity contribution in [1.82, 2.24) is 15.3 Å². The highest BCUT2D eigenvalue weighted by Gasteiger charge is 2.07. The molecule has 2 rings (SSSR count). The summed E-state index contributed by atoms with van der Waals surface area (Å²) >= 11 is 11.8. The molecule has 100 valence electrons. The first-order valence-electron chi connectivity index (χ1n) is 5.67. The van der Waals surface area contributed by atoms with Gasteiger partial charge in [-0.05, 0) is 29.8 Å². The van der Waals surface area contributed by atoms with Crippen LogP contribution in [-0.4, -0.2) is 29.0 Å². The van der Waals surface area contributed by atoms with Crippen LogP contribution in [-0.2, 0) is 4.79 Å². The molecule has 0 unspecified atom stereocenters. The molecule has 0 fully saturated rings. The molecular formula is C12H12Cl2N4O. The van der Waals surface area contributed by atoms with Crippen molar-refractivity contribution in [3.8, 4) is 0 Å². The van der Waals surface area contributed by atoms with Crippen molar-refractivity contribution in [3.63, 3.8) is 0 Å². The van der Waals surface area contributed by atoms with Crippen LogP contribution >= 0.6 is 23.2 Å². The first kappa shape index (κ1) is 13.8. The van der Waals surface area contributed by atoms with E-state index in [4.69, 9.17) is 23.2 Å². The van der Waals surface area contributed by atoms with Crippen molar-refractivity contribution in [2.24, 2.45) is 0 Å². The van der Waals surface area contributed by atoms with Crippen LogP contribution in [0.4, 0.5) is 5.82 Å². The summed E-state index contributed by atoms with van der Waals surface area (Å²) in [5, 5.41) is 7.34. The Bertz CT molecular complexity index is 618. The lowest BCUT2D eigenvalue weighted by molar-refractivity contribution is -0.118. The number of carbonyl (C=O) groups excluding carboxylic acids is 1. The van der Waals surface area contributed by atoms with Crippen LogP contribution < -0.4 is 10.6 Å². The first-order valence-corrected chi connectivity index (χ1v) is 6.43. The third-order valence-electron chi connectivity index (χ3n) is 2.42. The number of anilines is 1. The fourth-order valence-electron chi connectivity index (χ4n) is 1.63. The molecular weight excluding hydrogens is 287 g/mol. The molecule has 1 amide bonds. The number of halogens is 2. The van der Waals surface area contributed by atoms with Crippen molar-refractivity contribution in [2.75, 3.05) is 18.4 Å². The van der Waals surface area contributed by atoms with E-state index in [1.54, 1.807) is 18.2 Å². The number of nitrogens with zero attached hydrogens (tertiary/aromatic N) is 2. The number of rotatable bonds is 4. The summed E-state index contributed by atoms with van der Waals surface area (Å²) in [4.78, 5) is 19.0. The van der Waals surface area contributed by atoms with Crippen LogP contribution in [0.5, 0.6) is 0 Å². The van der Waals surface area contributed by atoms with E-state index in [2.05, 4.69) is 20.6 Å². The molecule has 0 bridgehead atoms. The SMILES string of the molecule is CC(=O)NCCNc1nc(Cl)nc2ccc(Cl)cc12. The Morgan fingerprint density at radius 2 is 2.05 bits per heavy atom. The number of nitrogens with one attached hydrogen (secondary N) is 2. The van der Waals surface area contributed by atoms with E-state index < -0.39 is 0 Å². The van der Waals surface area contributed by atoms with E-state index in [1.165, 1.54) is 6.92 Å². The molecule has 0 spiro atoms. The van der Waals surface area contributed by atoms with Crippen molar-refractivity contribution in [1.29, 1.82) is 0 Å². The highest BCUT2D eigenvalue weighted by Crippen LogP contribution is 2.25. The summed E-state index contributed by atoms with van der Waals surface area (Å²) in [6.07, 6.45) is 0. The molecule has 7 heteroatoms. The third-order valence-corrected chi connectivity index (χ3v) is 2.83. The summed E-state index contributed by atoms with van der Waals surface area (Å²) in [5.41, 5.74) is 0.714. The van der Waals surface area contributed by atoms with Crippen molar-refractivity contribution in [2.45, 2.75) is 6.92 Å². The van der Waals surface area contributed by atoms with E-state index in [-0.39, 0.29) is 11.2 Å². The Morgan fingerprint density at radius 3 is 2.79 bits per heavy atom. The number of benzene rings is 1. The molecule has 0 atom stereocenters. The van der Waals surface area contributed by atoms with Crippen LogP contribution in [0.1, 0.15) is 6.92 Å². The van der Waals surface area contributed by atoms with Crippen molar-refractivity contribution >= 4 is 45.8 Å². The zero-order valence-corrected chi connectivity index (χ0v) is 11.7. The van der Waals surface area contributed by atoms with Gasteiger partial charge in [-0.25, -0.2) is 9.97 Å². The van der Waals surface area contributed by atoms with Gasteiger partial charge in [-0.1, -0.05) is 11.6 Å². The molecule has 0 saturated carbocycles. The third kappa shape index (κ3) is 3.68. The zero-order valence-electron chi connectivity index (χ0n) is 10.2. The Labute approximate surface area is 120 Å². The molecule has 0 aliphatic heterocycles. The zero-order chi connectivity index (χ0) is 13.8. The van der Waals surface area contributed by atoms with Gasteiger partial charge < -0.3 is 10.6 Å². The number of hydrogen-bond donors (Lipinski definition) is 2. The van der Waals surface area contributed by atoms with Crippen LogP contribution in [0.25, 0.3) is 10.9 Å². The van der Waals surface area contributed by atoms with Gasteiger partial charge in [0, 0.05) is 30.4 Å². The summed E-state index contributed by atoms with van der Waals surface area (Å²) in [6.45, 7) is 2.50. The van der Waals surface area contributed by atoms with Gasteiger partial charge in [0.1, 0.15) is 5.82 Å². The van der Waals surface area contributed by atoms with Crippen LogP contribution in [0.15, 0.2) is 18.2 Å².